The molecule has 0 unspecified atom stereocenters. The molecule has 2 fully saturated rings. The van der Waals surface area contributed by atoms with E-state index in [2.05, 4.69) is 20.8 Å². The molecule has 0 bridgehead atoms. The highest BCUT2D eigenvalue weighted by atomic mass is 32.2. The molecule has 0 spiro atoms. The average Bonchev–Trinajstić information content (AvgIpc) is 3.44. The zero-order valence-corrected chi connectivity index (χ0v) is 17.3. The Labute approximate surface area is 169 Å². The van der Waals surface area contributed by atoms with E-state index in [4.69, 9.17) is 4.52 Å². The number of carbonyl (C=O) groups is 1. The first kappa shape index (κ1) is 19.8. The van der Waals surface area contributed by atoms with Crippen molar-refractivity contribution in [1.82, 2.24) is 19.8 Å². The van der Waals surface area contributed by atoms with Crippen LogP contribution in [0.2, 0.25) is 0 Å². The molecule has 1 amide bonds. The van der Waals surface area contributed by atoms with Crippen molar-refractivity contribution in [2.75, 3.05) is 18.9 Å². The average molecular weight is 420 g/mol. The second-order valence-electron chi connectivity index (χ2n) is 7.65. The zero-order valence-electron chi connectivity index (χ0n) is 16.5. The maximum absolute atomic E-state index is 13.1. The summed E-state index contributed by atoms with van der Waals surface area (Å²) in [5, 5.41) is 9.67. The van der Waals surface area contributed by atoms with Gasteiger partial charge in [-0.25, -0.2) is 13.4 Å². The van der Waals surface area contributed by atoms with E-state index < -0.39 is 10.0 Å². The number of aromatic nitrogens is 2. The molecule has 29 heavy (non-hydrogen) atoms. The predicted octanol–water partition coefficient (Wildman–Crippen LogP) is 1.96. The Kier molecular flexibility index (Phi) is 5.30. The maximum Gasteiger partial charge on any atom is 0.273 e. The molecule has 2 aliphatic rings. The largest absolute Gasteiger partial charge is 0.372 e. The minimum Gasteiger partial charge on any atom is -0.372 e. The number of hydrogen-bond acceptors (Lipinski definition) is 7. The van der Waals surface area contributed by atoms with Crippen LogP contribution in [-0.4, -0.2) is 54.4 Å². The van der Waals surface area contributed by atoms with Crippen LogP contribution in [0, 0.1) is 0 Å². The fourth-order valence-corrected chi connectivity index (χ4v) is 5.58. The summed E-state index contributed by atoms with van der Waals surface area (Å²) in [5.74, 6) is 1.21. The molecule has 10 heteroatoms. The molecule has 2 aromatic rings. The molecule has 0 radical (unpaired) electrons. The third kappa shape index (κ3) is 3.99. The highest BCUT2D eigenvalue weighted by Gasteiger charge is 2.37. The smallest absolute Gasteiger partial charge is 0.273 e. The van der Waals surface area contributed by atoms with E-state index in [-0.39, 0.29) is 28.6 Å². The minimum atomic E-state index is -3.69. The summed E-state index contributed by atoms with van der Waals surface area (Å²) in [6, 6.07) is 4.49. The van der Waals surface area contributed by atoms with Crippen LogP contribution >= 0.6 is 0 Å². The van der Waals surface area contributed by atoms with Crippen molar-refractivity contribution in [2.24, 2.45) is 0 Å². The number of carbonyl (C=O) groups excluding carboxylic acids is 1. The third-order valence-corrected chi connectivity index (χ3v) is 7.53. The van der Waals surface area contributed by atoms with E-state index >= 15 is 0 Å². The van der Waals surface area contributed by atoms with Crippen LogP contribution in [0.3, 0.4) is 0 Å². The van der Waals surface area contributed by atoms with Gasteiger partial charge >= 0.3 is 0 Å². The quantitative estimate of drug-likeness (QED) is 0.735. The summed E-state index contributed by atoms with van der Waals surface area (Å²) >= 11 is 0. The Morgan fingerprint density at radius 2 is 2.10 bits per heavy atom. The first-order valence-electron chi connectivity index (χ1n) is 9.82. The Balaban J connectivity index is 1.41. The summed E-state index contributed by atoms with van der Waals surface area (Å²) in [6.07, 6.45) is 4.75. The molecular formula is C19H25N5O4S. The number of sulfonamides is 1. The molecular weight excluding hydrogens is 394 g/mol. The van der Waals surface area contributed by atoms with Gasteiger partial charge in [0.05, 0.1) is 0 Å². The van der Waals surface area contributed by atoms with E-state index in [1.807, 2.05) is 6.92 Å². The van der Waals surface area contributed by atoms with Gasteiger partial charge in [0.1, 0.15) is 16.5 Å². The first-order chi connectivity index (χ1) is 13.9. The molecule has 0 aromatic carbocycles. The number of nitrogens with zero attached hydrogens (tertiary/aromatic N) is 3. The number of piperidine rings is 1. The topological polar surface area (TPSA) is 117 Å². The van der Waals surface area contributed by atoms with E-state index in [1.165, 1.54) is 4.31 Å². The van der Waals surface area contributed by atoms with Crippen molar-refractivity contribution in [3.05, 3.63) is 35.9 Å². The molecule has 2 atom stereocenters. The van der Waals surface area contributed by atoms with Gasteiger partial charge in [-0.3, -0.25) is 4.79 Å². The van der Waals surface area contributed by atoms with Crippen molar-refractivity contribution in [3.63, 3.8) is 0 Å². The van der Waals surface area contributed by atoms with Crippen molar-refractivity contribution in [3.8, 4) is 0 Å². The minimum absolute atomic E-state index is 0.123. The van der Waals surface area contributed by atoms with Crippen LogP contribution in [0.5, 0.6) is 0 Å². The number of rotatable bonds is 6. The summed E-state index contributed by atoms with van der Waals surface area (Å²) < 4.78 is 33.0. The molecule has 9 nitrogen and oxygen atoms in total. The summed E-state index contributed by atoms with van der Waals surface area (Å²) in [5.41, 5.74) is 0.281. The molecule has 156 valence electrons. The number of amides is 1. The molecule has 3 heterocycles. The van der Waals surface area contributed by atoms with Crippen LogP contribution in [0.15, 0.2) is 33.8 Å². The van der Waals surface area contributed by atoms with Crippen LogP contribution in [-0.2, 0) is 10.0 Å². The Bertz CT molecular complexity index is 1000. The second kappa shape index (κ2) is 7.75. The SMILES string of the molecule is CNc1ncccc1S(=O)(=O)N1CC[C@H](NC(=O)c2cc(C3CC3)on2)C[C@@H]1C. The lowest BCUT2D eigenvalue weighted by atomic mass is 10.0. The fourth-order valence-electron chi connectivity index (χ4n) is 3.77. The van der Waals surface area contributed by atoms with Crippen LogP contribution in [0.1, 0.15) is 54.8 Å². The van der Waals surface area contributed by atoms with Gasteiger partial charge in [-0.15, -0.1) is 0 Å². The lowest BCUT2D eigenvalue weighted by Crippen LogP contribution is -2.50. The van der Waals surface area contributed by atoms with E-state index in [9.17, 15) is 13.2 Å². The lowest BCUT2D eigenvalue weighted by Gasteiger charge is -2.37. The highest BCUT2D eigenvalue weighted by molar-refractivity contribution is 7.89. The normalized spacial score (nSPS) is 23.0. The molecule has 1 saturated carbocycles. The van der Waals surface area contributed by atoms with Crippen LogP contribution in [0.25, 0.3) is 0 Å². The van der Waals surface area contributed by atoms with Gasteiger partial charge in [-0.05, 0) is 44.7 Å². The van der Waals surface area contributed by atoms with E-state index in [1.54, 1.807) is 31.4 Å². The third-order valence-electron chi connectivity index (χ3n) is 5.49. The fraction of sp³-hybridized carbons (Fsp3) is 0.526. The predicted molar refractivity (Wildman–Crippen MR) is 106 cm³/mol. The van der Waals surface area contributed by atoms with Gasteiger partial charge < -0.3 is 15.2 Å². The van der Waals surface area contributed by atoms with Crippen molar-refractivity contribution < 1.29 is 17.7 Å². The van der Waals surface area contributed by atoms with Crippen molar-refractivity contribution >= 4 is 21.7 Å². The van der Waals surface area contributed by atoms with Crippen molar-refractivity contribution in [1.29, 1.82) is 0 Å². The summed E-state index contributed by atoms with van der Waals surface area (Å²) in [6.45, 7) is 2.17. The Morgan fingerprint density at radius 1 is 1.31 bits per heavy atom. The van der Waals surface area contributed by atoms with Gasteiger partial charge in [0.25, 0.3) is 5.91 Å². The number of nitrogens with one attached hydrogen (secondary N) is 2. The van der Waals surface area contributed by atoms with Gasteiger partial charge in [0.2, 0.25) is 10.0 Å². The highest BCUT2D eigenvalue weighted by Crippen LogP contribution is 2.40. The van der Waals surface area contributed by atoms with Crippen LogP contribution in [0.4, 0.5) is 5.82 Å². The van der Waals surface area contributed by atoms with Gasteiger partial charge in [0.15, 0.2) is 5.69 Å². The molecule has 1 aliphatic heterocycles. The van der Waals surface area contributed by atoms with Gasteiger partial charge in [-0.1, -0.05) is 5.16 Å². The van der Waals surface area contributed by atoms with Gasteiger partial charge in [0, 0.05) is 43.9 Å². The maximum atomic E-state index is 13.1. The lowest BCUT2D eigenvalue weighted by molar-refractivity contribution is 0.0905. The number of anilines is 1. The second-order valence-corrected chi connectivity index (χ2v) is 9.51. The molecule has 1 aliphatic carbocycles. The molecule has 2 aromatic heterocycles. The monoisotopic (exact) mass is 419 g/mol. The van der Waals surface area contributed by atoms with Gasteiger partial charge in [-0.2, -0.15) is 4.31 Å². The van der Waals surface area contributed by atoms with E-state index in [0.29, 0.717) is 31.1 Å². The zero-order chi connectivity index (χ0) is 20.6. The van der Waals surface area contributed by atoms with Crippen LogP contribution < -0.4 is 10.6 Å². The molecule has 2 N–H and O–H groups in total. The standard InChI is InChI=1S/C19H25N5O4S/c1-12-10-14(22-19(25)15-11-16(28-23-15)13-5-6-13)7-9-24(12)29(26,27)17-4-3-8-21-18(17)20-2/h3-4,8,11-14H,5-7,9-10H2,1-2H3,(H,20,21)(H,22,25)/t12-,14-/m0/s1. The summed E-state index contributed by atoms with van der Waals surface area (Å²) in [7, 11) is -2.05. The first-order valence-corrected chi connectivity index (χ1v) is 11.3. The molecule has 1 saturated heterocycles. The Morgan fingerprint density at radius 3 is 2.79 bits per heavy atom. The number of pyridine rings is 1. The summed E-state index contributed by atoms with van der Waals surface area (Å²) in [4.78, 5) is 16.7. The van der Waals surface area contributed by atoms with Crippen molar-refractivity contribution in [2.45, 2.75) is 55.5 Å². The number of hydrogen-bond donors (Lipinski definition) is 2. The van der Waals surface area contributed by atoms with E-state index in [0.717, 1.165) is 18.6 Å². The Hall–Kier alpha value is -2.46. The molecule has 4 rings (SSSR count).